The first kappa shape index (κ1) is 22.8. The van der Waals surface area contributed by atoms with Crippen LogP contribution in [0, 0.1) is 10.1 Å². The molecule has 0 spiro atoms. The molecule has 0 atom stereocenters. The maximum absolute atomic E-state index is 13.0. The van der Waals surface area contributed by atoms with Gasteiger partial charge < -0.3 is 4.42 Å². The molecule has 5 rings (SSSR count). The molecule has 0 bridgehead atoms. The van der Waals surface area contributed by atoms with Crippen LogP contribution in [-0.4, -0.2) is 32.4 Å². The maximum atomic E-state index is 13.0. The molecule has 35 heavy (non-hydrogen) atoms. The molecule has 8 nitrogen and oxygen atoms in total. The molecule has 3 heterocycles. The molecule has 0 N–H and O–H groups in total. The summed E-state index contributed by atoms with van der Waals surface area (Å²) in [6.45, 7) is 2.34. The van der Waals surface area contributed by atoms with E-state index in [0.29, 0.717) is 38.8 Å². The molecule has 1 amide bonds. The van der Waals surface area contributed by atoms with Crippen molar-refractivity contribution in [3.05, 3.63) is 92.9 Å². The van der Waals surface area contributed by atoms with E-state index in [4.69, 9.17) is 4.42 Å². The first-order valence-electron chi connectivity index (χ1n) is 10.7. The number of carbonyl (C=O) groups is 1. The highest BCUT2D eigenvalue weighted by molar-refractivity contribution is 8.18. The minimum Gasteiger partial charge on any atom is -0.456 e. The summed E-state index contributed by atoms with van der Waals surface area (Å²) < 4.78 is 5.83. The van der Waals surface area contributed by atoms with E-state index in [-0.39, 0.29) is 11.6 Å². The molecule has 2 aromatic carbocycles. The highest BCUT2D eigenvalue weighted by atomic mass is 32.2. The van der Waals surface area contributed by atoms with Crippen LogP contribution in [0.15, 0.2) is 86.4 Å². The van der Waals surface area contributed by atoms with Crippen LogP contribution < -0.4 is 0 Å². The third kappa shape index (κ3) is 4.66. The zero-order chi connectivity index (χ0) is 24.4. The lowest BCUT2D eigenvalue weighted by Crippen LogP contribution is -2.28. The number of nitrogens with zero attached hydrogens (tertiary/aromatic N) is 4. The van der Waals surface area contributed by atoms with Crippen molar-refractivity contribution in [2.75, 3.05) is 6.54 Å². The van der Waals surface area contributed by atoms with Crippen LogP contribution in [-0.2, 0) is 4.79 Å². The van der Waals surface area contributed by atoms with Gasteiger partial charge in [-0.05, 0) is 36.9 Å². The van der Waals surface area contributed by atoms with Crippen LogP contribution in [0.3, 0.4) is 0 Å². The number of amides is 1. The summed E-state index contributed by atoms with van der Waals surface area (Å²) in [6, 6.07) is 19.6. The largest absolute Gasteiger partial charge is 0.456 e. The predicted molar refractivity (Wildman–Crippen MR) is 138 cm³/mol. The molecule has 10 heteroatoms. The van der Waals surface area contributed by atoms with Gasteiger partial charge in [-0.1, -0.05) is 42.5 Å². The number of rotatable bonds is 6. The third-order valence-corrected chi connectivity index (χ3v) is 6.96. The number of likely N-dealkylation sites (N-methyl/N-ethyl adjacent to an activating group) is 1. The van der Waals surface area contributed by atoms with Gasteiger partial charge in [-0.2, -0.15) is 4.99 Å². The van der Waals surface area contributed by atoms with E-state index in [2.05, 4.69) is 9.98 Å². The fraction of sp³-hybridized carbons (Fsp3) is 0.0800. The van der Waals surface area contributed by atoms with Crippen molar-refractivity contribution >= 4 is 51.1 Å². The van der Waals surface area contributed by atoms with Gasteiger partial charge in [-0.3, -0.25) is 19.8 Å². The lowest BCUT2D eigenvalue weighted by molar-refractivity contribution is -0.384. The summed E-state index contributed by atoms with van der Waals surface area (Å²) >= 11 is 2.66. The number of aliphatic imine (C=N–C) groups is 1. The number of thioether (sulfide) groups is 1. The number of hydrogen-bond donors (Lipinski definition) is 0. The number of carbonyl (C=O) groups excluding carboxylic acids is 1. The minimum atomic E-state index is -0.448. The number of amidine groups is 1. The molecule has 1 fully saturated rings. The van der Waals surface area contributed by atoms with Crippen LogP contribution in [0.4, 0.5) is 10.8 Å². The van der Waals surface area contributed by atoms with Gasteiger partial charge >= 0.3 is 0 Å². The Morgan fingerprint density at radius 3 is 2.66 bits per heavy atom. The van der Waals surface area contributed by atoms with Crippen molar-refractivity contribution in [2.24, 2.45) is 4.99 Å². The van der Waals surface area contributed by atoms with E-state index >= 15 is 0 Å². The first-order chi connectivity index (χ1) is 17.0. The van der Waals surface area contributed by atoms with E-state index in [1.54, 1.807) is 41.3 Å². The van der Waals surface area contributed by atoms with Crippen LogP contribution >= 0.6 is 23.1 Å². The number of benzene rings is 2. The highest BCUT2D eigenvalue weighted by Crippen LogP contribution is 2.37. The average molecular weight is 503 g/mol. The zero-order valence-electron chi connectivity index (χ0n) is 18.5. The number of para-hydroxylation sites is 1. The van der Waals surface area contributed by atoms with Gasteiger partial charge in [0.05, 0.1) is 21.1 Å². The van der Waals surface area contributed by atoms with Gasteiger partial charge in [-0.25, -0.2) is 4.98 Å². The number of nitro groups is 1. The fourth-order valence-corrected chi connectivity index (χ4v) is 5.33. The van der Waals surface area contributed by atoms with E-state index in [1.807, 2.05) is 42.6 Å². The van der Waals surface area contributed by atoms with Crippen LogP contribution in [0.25, 0.3) is 28.7 Å². The van der Waals surface area contributed by atoms with Crippen molar-refractivity contribution in [3.63, 3.8) is 0 Å². The predicted octanol–water partition coefficient (Wildman–Crippen LogP) is 6.60. The summed E-state index contributed by atoms with van der Waals surface area (Å²) in [5, 5.41) is 14.4. The number of hydrogen-bond acceptors (Lipinski definition) is 8. The van der Waals surface area contributed by atoms with E-state index < -0.39 is 4.92 Å². The molecule has 4 aromatic rings. The van der Waals surface area contributed by atoms with Crippen molar-refractivity contribution in [2.45, 2.75) is 6.92 Å². The van der Waals surface area contributed by atoms with E-state index in [1.165, 1.54) is 29.2 Å². The first-order valence-corrected chi connectivity index (χ1v) is 12.4. The Bertz CT molecular complexity index is 1470. The number of nitro benzene ring substituents is 1. The maximum Gasteiger partial charge on any atom is 0.280 e. The monoisotopic (exact) mass is 502 g/mol. The van der Waals surface area contributed by atoms with Gasteiger partial charge in [0.15, 0.2) is 5.17 Å². The Balaban J connectivity index is 1.41. The Kier molecular flexibility index (Phi) is 6.30. The lowest BCUT2D eigenvalue weighted by atomic mass is 10.1. The fourth-order valence-electron chi connectivity index (χ4n) is 3.55. The van der Waals surface area contributed by atoms with Crippen LogP contribution in [0.2, 0.25) is 0 Å². The molecule has 0 aliphatic carbocycles. The second-order valence-corrected chi connectivity index (χ2v) is 9.26. The van der Waals surface area contributed by atoms with Gasteiger partial charge in [0, 0.05) is 29.6 Å². The smallest absolute Gasteiger partial charge is 0.280 e. The molecule has 1 saturated heterocycles. The molecule has 1 aliphatic rings. The summed E-state index contributed by atoms with van der Waals surface area (Å²) in [6.07, 6.45) is 1.63. The second kappa shape index (κ2) is 9.69. The topological polar surface area (TPSA) is 102 Å². The van der Waals surface area contributed by atoms with Gasteiger partial charge in [0.2, 0.25) is 5.13 Å². The summed E-state index contributed by atoms with van der Waals surface area (Å²) in [5.74, 6) is 0.601. The van der Waals surface area contributed by atoms with Crippen LogP contribution in [0.5, 0.6) is 0 Å². The van der Waals surface area contributed by atoms with E-state index in [9.17, 15) is 14.9 Å². The quantitative estimate of drug-likeness (QED) is 0.167. The van der Waals surface area contributed by atoms with Crippen molar-refractivity contribution in [3.8, 4) is 22.6 Å². The zero-order valence-corrected chi connectivity index (χ0v) is 20.1. The summed E-state index contributed by atoms with van der Waals surface area (Å²) in [4.78, 5) is 35.2. The van der Waals surface area contributed by atoms with E-state index in [0.717, 1.165) is 11.3 Å². The van der Waals surface area contributed by atoms with Crippen LogP contribution in [0.1, 0.15) is 12.7 Å². The molecule has 1 aliphatic heterocycles. The highest BCUT2D eigenvalue weighted by Gasteiger charge is 2.33. The lowest BCUT2D eigenvalue weighted by Gasteiger charge is -2.11. The van der Waals surface area contributed by atoms with Gasteiger partial charge in [0.1, 0.15) is 11.5 Å². The Labute approximate surface area is 208 Å². The second-order valence-electron chi connectivity index (χ2n) is 7.41. The summed E-state index contributed by atoms with van der Waals surface area (Å²) in [7, 11) is 0. The van der Waals surface area contributed by atoms with Gasteiger partial charge in [-0.15, -0.1) is 11.3 Å². The van der Waals surface area contributed by atoms with Crippen molar-refractivity contribution in [1.29, 1.82) is 0 Å². The standard InChI is InChI=1S/C25H18N4O4S2/c1-2-28-23(30)22(14-17-12-13-21(33-17)18-10-6-7-11-20(18)29(31)32)35-25(28)27-24-26-19(15-34-24)16-8-4-3-5-9-16/h3-15H,2H2,1H3/b22-14+,27-25+. The molecular weight excluding hydrogens is 484 g/mol. The number of furan rings is 1. The Hall–Kier alpha value is -4.02. The number of aromatic nitrogens is 1. The average Bonchev–Trinajstić information content (AvgIpc) is 3.60. The molecule has 0 unspecified atom stereocenters. The van der Waals surface area contributed by atoms with Crippen molar-refractivity contribution < 1.29 is 14.1 Å². The Morgan fingerprint density at radius 1 is 1.11 bits per heavy atom. The normalized spacial score (nSPS) is 15.9. The number of thiazole rings is 1. The molecule has 2 aromatic heterocycles. The van der Waals surface area contributed by atoms with Gasteiger partial charge in [0.25, 0.3) is 11.6 Å². The minimum absolute atomic E-state index is 0.0442. The molecule has 0 radical (unpaired) electrons. The molecular formula is C25H18N4O4S2. The van der Waals surface area contributed by atoms with Crippen molar-refractivity contribution in [1.82, 2.24) is 9.88 Å². The molecule has 0 saturated carbocycles. The summed E-state index contributed by atoms with van der Waals surface area (Å²) in [5.41, 5.74) is 2.17. The SMILES string of the molecule is CCN1C(=O)/C(=C\c2ccc(-c3ccccc3[N+](=O)[O-])o2)S/C1=N/c1nc(-c2ccccc2)cs1. The Morgan fingerprint density at radius 2 is 1.89 bits per heavy atom. The molecule has 174 valence electrons. The third-order valence-electron chi connectivity index (χ3n) is 5.22.